The number of halogens is 1. The van der Waals surface area contributed by atoms with E-state index in [-0.39, 0.29) is 5.02 Å². The predicted molar refractivity (Wildman–Crippen MR) is 69.1 cm³/mol. The van der Waals surface area contributed by atoms with E-state index in [1.54, 1.807) is 26.8 Å². The molecule has 5 nitrogen and oxygen atoms in total. The van der Waals surface area contributed by atoms with Gasteiger partial charge in [-0.15, -0.1) is 0 Å². The van der Waals surface area contributed by atoms with Crippen LogP contribution in [0.2, 0.25) is 5.02 Å². The van der Waals surface area contributed by atoms with Crippen LogP contribution >= 0.6 is 11.6 Å². The summed E-state index contributed by atoms with van der Waals surface area (Å²) in [4.78, 5) is 25.0. The van der Waals surface area contributed by atoms with Gasteiger partial charge in [0, 0.05) is 5.69 Å². The number of rotatable bonds is 2. The predicted octanol–water partition coefficient (Wildman–Crippen LogP) is 3.65. The van der Waals surface area contributed by atoms with Crippen molar-refractivity contribution in [2.75, 3.05) is 5.32 Å². The van der Waals surface area contributed by atoms with Gasteiger partial charge >= 0.3 is 6.09 Å². The minimum atomic E-state index is -0.579. The molecule has 1 aromatic carbocycles. The van der Waals surface area contributed by atoms with E-state index in [0.717, 1.165) is 0 Å². The number of carbonyl (C=O) groups is 1. The number of carbonyl (C=O) groups excluding carboxylic acids is 2. The Morgan fingerprint density at radius 1 is 1.44 bits per heavy atom. The van der Waals surface area contributed by atoms with Gasteiger partial charge in [-0.05, 0) is 39.0 Å². The summed E-state index contributed by atoms with van der Waals surface area (Å²) in [6.45, 7) is 5.30. The van der Waals surface area contributed by atoms with E-state index in [9.17, 15) is 9.59 Å². The molecule has 0 aromatic heterocycles. The highest BCUT2D eigenvalue weighted by atomic mass is 35.5. The summed E-state index contributed by atoms with van der Waals surface area (Å²) in [7, 11) is 0. The Morgan fingerprint density at radius 2 is 2.11 bits per heavy atom. The molecule has 1 aromatic rings. The molecule has 1 N–H and O–H groups in total. The zero-order chi connectivity index (χ0) is 13.8. The van der Waals surface area contributed by atoms with E-state index in [1.165, 1.54) is 18.2 Å². The molecule has 0 saturated carbocycles. The largest absolute Gasteiger partial charge is 0.444 e. The fraction of sp³-hybridized carbons (Fsp3) is 0.333. The molecule has 0 atom stereocenters. The summed E-state index contributed by atoms with van der Waals surface area (Å²) < 4.78 is 5.08. The van der Waals surface area contributed by atoms with Crippen molar-refractivity contribution in [2.24, 2.45) is 4.99 Å². The molecule has 0 saturated heterocycles. The number of aliphatic imine (C=N–C) groups is 1. The third-order valence-electron chi connectivity index (χ3n) is 1.76. The number of amides is 1. The molecule has 0 spiro atoms. The molecule has 96 valence electrons. The third-order valence-corrected chi connectivity index (χ3v) is 2.06. The van der Waals surface area contributed by atoms with Crippen molar-refractivity contribution in [1.82, 2.24) is 0 Å². The molecule has 0 bridgehead atoms. The Bertz CT molecular complexity index is 503. The van der Waals surface area contributed by atoms with E-state index in [4.69, 9.17) is 16.3 Å². The van der Waals surface area contributed by atoms with Gasteiger partial charge < -0.3 is 4.74 Å². The minimum Gasteiger partial charge on any atom is -0.444 e. The molecule has 0 aliphatic heterocycles. The van der Waals surface area contributed by atoms with Crippen LogP contribution in [0.4, 0.5) is 16.2 Å². The van der Waals surface area contributed by atoms with E-state index < -0.39 is 11.7 Å². The second kappa shape index (κ2) is 5.67. The molecule has 0 fully saturated rings. The van der Waals surface area contributed by atoms with E-state index >= 15 is 0 Å². The monoisotopic (exact) mass is 268 g/mol. The Hall–Kier alpha value is -1.84. The fourth-order valence-electron chi connectivity index (χ4n) is 1.15. The maximum atomic E-state index is 11.5. The van der Waals surface area contributed by atoms with Crippen LogP contribution in [0.1, 0.15) is 20.8 Å². The van der Waals surface area contributed by atoms with Crippen LogP contribution in [-0.2, 0) is 9.53 Å². The average Bonchev–Trinajstić information content (AvgIpc) is 2.19. The van der Waals surface area contributed by atoms with Crippen LogP contribution in [-0.4, -0.2) is 17.8 Å². The second-order valence-electron chi connectivity index (χ2n) is 4.50. The van der Waals surface area contributed by atoms with Gasteiger partial charge in [0.05, 0.1) is 10.7 Å². The highest BCUT2D eigenvalue weighted by Gasteiger charge is 2.16. The average molecular weight is 269 g/mol. The van der Waals surface area contributed by atoms with Gasteiger partial charge in [-0.3, -0.25) is 5.32 Å². The zero-order valence-electron chi connectivity index (χ0n) is 10.3. The lowest BCUT2D eigenvalue weighted by Gasteiger charge is -2.19. The maximum Gasteiger partial charge on any atom is 0.412 e. The van der Waals surface area contributed by atoms with Gasteiger partial charge in [0.1, 0.15) is 5.60 Å². The van der Waals surface area contributed by atoms with Crippen molar-refractivity contribution >= 4 is 35.1 Å². The second-order valence-corrected chi connectivity index (χ2v) is 4.90. The highest BCUT2D eigenvalue weighted by molar-refractivity contribution is 6.33. The van der Waals surface area contributed by atoms with Crippen LogP contribution in [0.15, 0.2) is 23.2 Å². The first kappa shape index (κ1) is 14.2. The van der Waals surface area contributed by atoms with Crippen molar-refractivity contribution in [3.8, 4) is 0 Å². The number of nitrogens with one attached hydrogen (secondary N) is 1. The molecule has 0 heterocycles. The summed E-state index contributed by atoms with van der Waals surface area (Å²) in [6.07, 6.45) is 0.816. The molecule has 1 amide bonds. The van der Waals surface area contributed by atoms with Crippen LogP contribution in [0.3, 0.4) is 0 Å². The van der Waals surface area contributed by atoms with Crippen molar-refractivity contribution in [3.05, 3.63) is 23.2 Å². The standard InChI is InChI=1S/C12H13ClN2O3/c1-12(2,3)18-11(17)15-8-4-5-10(14-7-16)9(13)6-8/h4-6H,1-3H3,(H,15,17). The SMILES string of the molecule is CC(C)(C)OC(=O)Nc1ccc(N=C=O)c(Cl)c1. The van der Waals surface area contributed by atoms with E-state index in [2.05, 4.69) is 10.3 Å². The Balaban J connectivity index is 2.78. The number of hydrogen-bond acceptors (Lipinski definition) is 4. The van der Waals surface area contributed by atoms with Gasteiger partial charge in [0.15, 0.2) is 0 Å². The summed E-state index contributed by atoms with van der Waals surface area (Å²) in [6, 6.07) is 4.54. The topological polar surface area (TPSA) is 67.8 Å². The molecule has 18 heavy (non-hydrogen) atoms. The first-order valence-electron chi connectivity index (χ1n) is 5.19. The summed E-state index contributed by atoms with van der Waals surface area (Å²) in [5.74, 6) is 0. The van der Waals surface area contributed by atoms with Gasteiger partial charge in [-0.2, -0.15) is 4.99 Å². The van der Waals surface area contributed by atoms with Crippen molar-refractivity contribution in [2.45, 2.75) is 26.4 Å². The molecule has 0 radical (unpaired) electrons. The molecular formula is C12H13ClN2O3. The Morgan fingerprint density at radius 3 is 2.61 bits per heavy atom. The van der Waals surface area contributed by atoms with Crippen LogP contribution in [0.25, 0.3) is 0 Å². The van der Waals surface area contributed by atoms with Crippen LogP contribution < -0.4 is 5.32 Å². The smallest absolute Gasteiger partial charge is 0.412 e. The molecule has 0 aliphatic rings. The molecule has 0 unspecified atom stereocenters. The van der Waals surface area contributed by atoms with Crippen LogP contribution in [0.5, 0.6) is 0 Å². The summed E-state index contributed by atoms with van der Waals surface area (Å²) in [5, 5.41) is 2.77. The summed E-state index contributed by atoms with van der Waals surface area (Å²) in [5.41, 5.74) is 0.177. The first-order chi connectivity index (χ1) is 8.31. The van der Waals surface area contributed by atoms with Crippen molar-refractivity contribution in [1.29, 1.82) is 0 Å². The number of isocyanates is 1. The third kappa shape index (κ3) is 4.57. The van der Waals surface area contributed by atoms with Gasteiger partial charge in [-0.1, -0.05) is 11.6 Å². The minimum absolute atomic E-state index is 0.243. The van der Waals surface area contributed by atoms with E-state index in [0.29, 0.717) is 11.4 Å². The van der Waals surface area contributed by atoms with Gasteiger partial charge in [0.2, 0.25) is 6.08 Å². The number of ether oxygens (including phenoxy) is 1. The van der Waals surface area contributed by atoms with Gasteiger partial charge in [0.25, 0.3) is 0 Å². The lowest BCUT2D eigenvalue weighted by Crippen LogP contribution is -2.27. The van der Waals surface area contributed by atoms with Crippen molar-refractivity contribution in [3.63, 3.8) is 0 Å². The number of benzene rings is 1. The van der Waals surface area contributed by atoms with Crippen LogP contribution in [0, 0.1) is 0 Å². The maximum absolute atomic E-state index is 11.5. The fourth-order valence-corrected chi connectivity index (χ4v) is 1.37. The van der Waals surface area contributed by atoms with Crippen molar-refractivity contribution < 1.29 is 14.3 Å². The molecule has 6 heteroatoms. The Labute approximate surface area is 110 Å². The highest BCUT2D eigenvalue weighted by Crippen LogP contribution is 2.27. The molecule has 1 rings (SSSR count). The number of nitrogens with zero attached hydrogens (tertiary/aromatic N) is 1. The first-order valence-corrected chi connectivity index (χ1v) is 5.57. The lowest BCUT2D eigenvalue weighted by molar-refractivity contribution is 0.0636. The number of hydrogen-bond donors (Lipinski definition) is 1. The Kier molecular flexibility index (Phi) is 4.48. The quantitative estimate of drug-likeness (QED) is 0.657. The lowest BCUT2D eigenvalue weighted by atomic mass is 10.2. The van der Waals surface area contributed by atoms with Gasteiger partial charge in [-0.25, -0.2) is 9.59 Å². The summed E-state index contributed by atoms with van der Waals surface area (Å²) >= 11 is 5.86. The van der Waals surface area contributed by atoms with E-state index in [1.807, 2.05) is 0 Å². The molecule has 0 aliphatic carbocycles. The number of anilines is 1. The molecular weight excluding hydrogens is 256 g/mol. The normalized spacial score (nSPS) is 10.4. The zero-order valence-corrected chi connectivity index (χ0v) is 11.0.